The Labute approximate surface area is 191 Å². The second kappa shape index (κ2) is 7.84. The van der Waals surface area contributed by atoms with Crippen molar-refractivity contribution >= 4 is 17.2 Å². The van der Waals surface area contributed by atoms with Gasteiger partial charge in [-0.2, -0.15) is 4.98 Å². The first-order chi connectivity index (χ1) is 15.5. The summed E-state index contributed by atoms with van der Waals surface area (Å²) in [7, 11) is 0. The standard InChI is InChI=1S/C28H33N3O/c1-6-28(7-2)20(5)27-30(19(3)4)24-17-18-25(32-21-13-9-8-10-14-21)29-26(24)31(27)23-16-12-11-15-22(23)28/h8-20,27H,6-7H2,1-5H3. The van der Waals surface area contributed by atoms with Crippen LogP contribution in [0.3, 0.4) is 0 Å². The third-order valence-corrected chi connectivity index (χ3v) is 7.69. The van der Waals surface area contributed by atoms with E-state index in [0.29, 0.717) is 17.8 Å². The molecule has 0 saturated carbocycles. The molecule has 0 bridgehead atoms. The van der Waals surface area contributed by atoms with Crippen LogP contribution in [0.1, 0.15) is 53.0 Å². The average molecular weight is 428 g/mol. The third kappa shape index (κ3) is 2.92. The molecule has 4 nitrogen and oxygen atoms in total. The first-order valence-electron chi connectivity index (χ1n) is 11.9. The first kappa shape index (κ1) is 20.9. The number of anilines is 3. The Morgan fingerprint density at radius 2 is 1.59 bits per heavy atom. The summed E-state index contributed by atoms with van der Waals surface area (Å²) in [6, 6.07) is 23.4. The van der Waals surface area contributed by atoms with Crippen molar-refractivity contribution in [2.24, 2.45) is 5.92 Å². The van der Waals surface area contributed by atoms with Crippen LogP contribution < -0.4 is 14.5 Å². The second-order valence-electron chi connectivity index (χ2n) is 9.36. The van der Waals surface area contributed by atoms with E-state index in [2.05, 4.69) is 74.8 Å². The largest absolute Gasteiger partial charge is 0.439 e. The summed E-state index contributed by atoms with van der Waals surface area (Å²) in [6.07, 6.45) is 2.49. The minimum absolute atomic E-state index is 0.149. The zero-order chi connectivity index (χ0) is 22.5. The Balaban J connectivity index is 1.68. The Bertz CT molecular complexity index is 1110. The fraction of sp³-hybridized carbons (Fsp3) is 0.393. The summed E-state index contributed by atoms with van der Waals surface area (Å²) < 4.78 is 6.12. The smallest absolute Gasteiger partial charge is 0.221 e. The molecule has 0 spiro atoms. The quantitative estimate of drug-likeness (QED) is 0.428. The molecule has 1 aromatic heterocycles. The Morgan fingerprint density at radius 3 is 2.28 bits per heavy atom. The van der Waals surface area contributed by atoms with E-state index in [1.54, 1.807) is 0 Å². The number of hydrogen-bond donors (Lipinski definition) is 0. The van der Waals surface area contributed by atoms with Crippen LogP contribution in [0.4, 0.5) is 17.2 Å². The second-order valence-corrected chi connectivity index (χ2v) is 9.36. The summed E-state index contributed by atoms with van der Waals surface area (Å²) in [5.41, 5.74) is 4.07. The molecule has 2 aliphatic rings. The van der Waals surface area contributed by atoms with Gasteiger partial charge in [0.05, 0.1) is 5.69 Å². The zero-order valence-electron chi connectivity index (χ0n) is 19.7. The van der Waals surface area contributed by atoms with Crippen LogP contribution in [0.25, 0.3) is 0 Å². The van der Waals surface area contributed by atoms with Gasteiger partial charge in [-0.15, -0.1) is 0 Å². The Morgan fingerprint density at radius 1 is 0.906 bits per heavy atom. The molecule has 5 rings (SSSR count). The van der Waals surface area contributed by atoms with Crippen LogP contribution in [0.2, 0.25) is 0 Å². The maximum absolute atomic E-state index is 6.12. The van der Waals surface area contributed by atoms with Crippen molar-refractivity contribution in [3.8, 4) is 11.6 Å². The van der Waals surface area contributed by atoms with Crippen LogP contribution in [0, 0.1) is 5.92 Å². The topological polar surface area (TPSA) is 28.6 Å². The summed E-state index contributed by atoms with van der Waals surface area (Å²) in [6.45, 7) is 11.7. The monoisotopic (exact) mass is 427 g/mol. The lowest BCUT2D eigenvalue weighted by molar-refractivity contribution is 0.209. The maximum atomic E-state index is 6.12. The van der Waals surface area contributed by atoms with Crippen LogP contribution in [-0.2, 0) is 5.41 Å². The van der Waals surface area contributed by atoms with Crippen molar-refractivity contribution in [1.29, 1.82) is 0 Å². The van der Waals surface area contributed by atoms with Gasteiger partial charge >= 0.3 is 0 Å². The predicted molar refractivity (Wildman–Crippen MR) is 132 cm³/mol. The third-order valence-electron chi connectivity index (χ3n) is 7.69. The highest BCUT2D eigenvalue weighted by Gasteiger charge is 2.54. The number of benzene rings is 2. The maximum Gasteiger partial charge on any atom is 0.221 e. The van der Waals surface area contributed by atoms with Crippen LogP contribution in [-0.4, -0.2) is 17.2 Å². The summed E-state index contributed by atoms with van der Waals surface area (Å²) in [5, 5.41) is 0. The number of fused-ring (bicyclic) bond motifs is 5. The highest BCUT2D eigenvalue weighted by atomic mass is 16.5. The minimum atomic E-state index is 0.149. The minimum Gasteiger partial charge on any atom is -0.439 e. The molecular weight excluding hydrogens is 394 g/mol. The lowest BCUT2D eigenvalue weighted by Gasteiger charge is -2.53. The molecular formula is C28H33N3O. The van der Waals surface area contributed by atoms with Crippen molar-refractivity contribution in [1.82, 2.24) is 4.98 Å². The molecule has 0 N–H and O–H groups in total. The van der Waals surface area contributed by atoms with E-state index in [0.717, 1.165) is 24.4 Å². The molecule has 4 heteroatoms. The number of ether oxygens (including phenoxy) is 1. The molecule has 0 amide bonds. The normalized spacial score (nSPS) is 20.7. The molecule has 2 aromatic carbocycles. The molecule has 0 fully saturated rings. The van der Waals surface area contributed by atoms with E-state index in [4.69, 9.17) is 9.72 Å². The molecule has 2 atom stereocenters. The first-order valence-corrected chi connectivity index (χ1v) is 11.9. The lowest BCUT2D eigenvalue weighted by atomic mass is 9.63. The SMILES string of the molecule is CCC1(CC)c2ccccc2N2c3nc(Oc4ccccc4)ccc3N(C(C)C)C2C1C. The van der Waals surface area contributed by atoms with Gasteiger partial charge in [-0.25, -0.2) is 0 Å². The molecule has 0 radical (unpaired) electrons. The van der Waals surface area contributed by atoms with Crippen LogP contribution in [0.5, 0.6) is 11.6 Å². The molecule has 3 heterocycles. The highest BCUT2D eigenvalue weighted by Crippen LogP contribution is 2.58. The number of rotatable bonds is 5. The van der Waals surface area contributed by atoms with E-state index in [-0.39, 0.29) is 11.6 Å². The molecule has 166 valence electrons. The lowest BCUT2D eigenvalue weighted by Crippen LogP contribution is -2.58. The van der Waals surface area contributed by atoms with Crippen molar-refractivity contribution in [2.75, 3.05) is 9.80 Å². The van der Waals surface area contributed by atoms with E-state index in [1.165, 1.54) is 16.9 Å². The number of aromatic nitrogens is 1. The molecule has 0 aliphatic carbocycles. The summed E-state index contributed by atoms with van der Waals surface area (Å²) >= 11 is 0. The van der Waals surface area contributed by atoms with Gasteiger partial charge in [0, 0.05) is 29.1 Å². The van der Waals surface area contributed by atoms with Gasteiger partial charge in [0.25, 0.3) is 0 Å². The van der Waals surface area contributed by atoms with Gasteiger partial charge in [-0.1, -0.05) is 57.2 Å². The molecule has 0 saturated heterocycles. The van der Waals surface area contributed by atoms with E-state index in [9.17, 15) is 0 Å². The van der Waals surface area contributed by atoms with Gasteiger partial charge in [0.2, 0.25) is 5.88 Å². The van der Waals surface area contributed by atoms with Gasteiger partial charge in [-0.3, -0.25) is 0 Å². The van der Waals surface area contributed by atoms with E-state index >= 15 is 0 Å². The van der Waals surface area contributed by atoms with E-state index < -0.39 is 0 Å². The van der Waals surface area contributed by atoms with Crippen molar-refractivity contribution in [3.63, 3.8) is 0 Å². The summed E-state index contributed by atoms with van der Waals surface area (Å²) in [4.78, 5) is 10.1. The zero-order valence-corrected chi connectivity index (χ0v) is 19.7. The van der Waals surface area contributed by atoms with E-state index in [1.807, 2.05) is 36.4 Å². The number of hydrogen-bond acceptors (Lipinski definition) is 4. The fourth-order valence-electron chi connectivity index (χ4n) is 6.08. The van der Waals surface area contributed by atoms with Gasteiger partial charge < -0.3 is 14.5 Å². The van der Waals surface area contributed by atoms with Crippen molar-refractivity contribution in [2.45, 2.75) is 65.1 Å². The Kier molecular flexibility index (Phi) is 5.11. The van der Waals surface area contributed by atoms with Crippen molar-refractivity contribution in [3.05, 3.63) is 72.3 Å². The molecule has 2 unspecified atom stereocenters. The number of para-hydroxylation sites is 2. The molecule has 2 aliphatic heterocycles. The highest BCUT2D eigenvalue weighted by molar-refractivity contribution is 5.84. The van der Waals surface area contributed by atoms with Crippen molar-refractivity contribution < 1.29 is 4.74 Å². The number of nitrogens with zero attached hydrogens (tertiary/aromatic N) is 3. The fourth-order valence-corrected chi connectivity index (χ4v) is 6.08. The Hall–Kier alpha value is -3.01. The predicted octanol–water partition coefficient (Wildman–Crippen LogP) is 7.27. The van der Waals surface area contributed by atoms with Gasteiger partial charge in [0.1, 0.15) is 11.9 Å². The van der Waals surface area contributed by atoms with Crippen LogP contribution in [0.15, 0.2) is 66.7 Å². The van der Waals surface area contributed by atoms with Gasteiger partial charge in [0.15, 0.2) is 5.82 Å². The van der Waals surface area contributed by atoms with Gasteiger partial charge in [-0.05, 0) is 56.5 Å². The molecule has 32 heavy (non-hydrogen) atoms. The average Bonchev–Trinajstić information content (AvgIpc) is 3.16. The summed E-state index contributed by atoms with van der Waals surface area (Å²) in [5.74, 6) is 2.88. The van der Waals surface area contributed by atoms with Crippen LogP contribution >= 0.6 is 0 Å². The molecule has 3 aromatic rings. The number of pyridine rings is 1.